The molecule has 1 N–H and O–H groups in total. The number of rotatable bonds is 3. The summed E-state index contributed by atoms with van der Waals surface area (Å²) in [6, 6.07) is 0.285. The van der Waals surface area contributed by atoms with Crippen molar-refractivity contribution >= 4 is 6.16 Å². The van der Waals surface area contributed by atoms with Crippen LogP contribution < -0.4 is 5.32 Å². The van der Waals surface area contributed by atoms with Crippen LogP contribution in [-0.4, -0.2) is 32.0 Å². The first-order chi connectivity index (χ1) is 6.77. The molecule has 1 aliphatic rings. The van der Waals surface area contributed by atoms with Crippen LogP contribution in [0.3, 0.4) is 0 Å². The van der Waals surface area contributed by atoms with Gasteiger partial charge in [0.1, 0.15) is 6.10 Å². The van der Waals surface area contributed by atoms with Gasteiger partial charge in [-0.15, -0.1) is 0 Å². The molecule has 1 rings (SSSR count). The third-order valence-electron chi connectivity index (χ3n) is 2.58. The molecule has 0 aromatic rings. The van der Waals surface area contributed by atoms with E-state index in [1.165, 1.54) is 6.42 Å². The van der Waals surface area contributed by atoms with E-state index in [0.717, 1.165) is 19.3 Å². The predicted molar refractivity (Wildman–Crippen MR) is 53.2 cm³/mol. The van der Waals surface area contributed by atoms with Gasteiger partial charge in [-0.05, 0) is 33.2 Å². The lowest BCUT2D eigenvalue weighted by atomic mass is 9.93. The van der Waals surface area contributed by atoms with Crippen molar-refractivity contribution in [1.29, 1.82) is 0 Å². The minimum atomic E-state index is -0.542. The molecule has 0 radical (unpaired) electrons. The van der Waals surface area contributed by atoms with Gasteiger partial charge in [-0.25, -0.2) is 4.79 Å². The molecule has 0 aliphatic heterocycles. The van der Waals surface area contributed by atoms with Gasteiger partial charge in [-0.1, -0.05) is 6.42 Å². The number of hydrogen-bond donors (Lipinski definition) is 1. The smallest absolute Gasteiger partial charge is 0.435 e. The molecule has 82 valence electrons. The van der Waals surface area contributed by atoms with Crippen molar-refractivity contribution in [3.63, 3.8) is 0 Å². The second-order valence-corrected chi connectivity index (χ2v) is 3.52. The molecule has 0 amide bonds. The zero-order chi connectivity index (χ0) is 10.4. The van der Waals surface area contributed by atoms with Crippen LogP contribution in [0.5, 0.6) is 0 Å². The standard InChI is InChI=1S/C10H19NO3/c1-3-13-10(12)14-9-7-5-4-6-8(9)11-2/h8-9,11H,3-7H2,1-2H3. The summed E-state index contributed by atoms with van der Waals surface area (Å²) in [4.78, 5) is 11.1. The maximum Gasteiger partial charge on any atom is 0.508 e. The minimum absolute atomic E-state index is 0.0206. The van der Waals surface area contributed by atoms with Crippen LogP contribution in [0, 0.1) is 0 Å². The average molecular weight is 201 g/mol. The minimum Gasteiger partial charge on any atom is -0.435 e. The Balaban J connectivity index is 2.36. The van der Waals surface area contributed by atoms with Crippen molar-refractivity contribution in [3.05, 3.63) is 0 Å². The highest BCUT2D eigenvalue weighted by molar-refractivity contribution is 5.60. The molecule has 0 bridgehead atoms. The Labute approximate surface area is 85.0 Å². The highest BCUT2D eigenvalue weighted by Gasteiger charge is 2.27. The van der Waals surface area contributed by atoms with E-state index in [9.17, 15) is 4.79 Å². The molecule has 0 spiro atoms. The lowest BCUT2D eigenvalue weighted by molar-refractivity contribution is 0.00134. The summed E-state index contributed by atoms with van der Waals surface area (Å²) in [5, 5.41) is 3.17. The topological polar surface area (TPSA) is 47.6 Å². The maximum atomic E-state index is 11.1. The Hall–Kier alpha value is -0.770. The van der Waals surface area contributed by atoms with Gasteiger partial charge in [-0.3, -0.25) is 0 Å². The zero-order valence-electron chi connectivity index (χ0n) is 8.91. The molecule has 1 aliphatic carbocycles. The monoisotopic (exact) mass is 201 g/mol. The molecule has 4 heteroatoms. The first kappa shape index (κ1) is 11.3. The maximum absolute atomic E-state index is 11.1. The Kier molecular flexibility index (Phi) is 4.73. The fraction of sp³-hybridized carbons (Fsp3) is 0.900. The van der Waals surface area contributed by atoms with Crippen LogP contribution in [-0.2, 0) is 9.47 Å². The van der Waals surface area contributed by atoms with E-state index in [4.69, 9.17) is 9.47 Å². The molecule has 14 heavy (non-hydrogen) atoms. The summed E-state index contributed by atoms with van der Waals surface area (Å²) in [5.41, 5.74) is 0. The van der Waals surface area contributed by atoms with E-state index in [2.05, 4.69) is 5.32 Å². The first-order valence-electron chi connectivity index (χ1n) is 5.28. The second kappa shape index (κ2) is 5.86. The molecule has 0 aromatic heterocycles. The highest BCUT2D eigenvalue weighted by atomic mass is 16.7. The van der Waals surface area contributed by atoms with Crippen LogP contribution in [0.2, 0.25) is 0 Å². The summed E-state index contributed by atoms with van der Waals surface area (Å²) in [5.74, 6) is 0. The van der Waals surface area contributed by atoms with Gasteiger partial charge in [-0.2, -0.15) is 0 Å². The summed E-state index contributed by atoms with van der Waals surface area (Å²) < 4.78 is 9.96. The van der Waals surface area contributed by atoms with Crippen LogP contribution in [0.4, 0.5) is 4.79 Å². The summed E-state index contributed by atoms with van der Waals surface area (Å²) in [7, 11) is 1.90. The number of hydrogen-bond acceptors (Lipinski definition) is 4. The van der Waals surface area contributed by atoms with Crippen molar-refractivity contribution in [2.45, 2.75) is 44.8 Å². The van der Waals surface area contributed by atoms with Gasteiger partial charge in [0.2, 0.25) is 0 Å². The van der Waals surface area contributed by atoms with Crippen LogP contribution >= 0.6 is 0 Å². The van der Waals surface area contributed by atoms with E-state index in [-0.39, 0.29) is 12.1 Å². The molecule has 0 saturated heterocycles. The zero-order valence-corrected chi connectivity index (χ0v) is 8.91. The molecule has 2 unspecified atom stereocenters. The normalized spacial score (nSPS) is 27.0. The van der Waals surface area contributed by atoms with E-state index in [1.807, 2.05) is 7.05 Å². The molecule has 0 heterocycles. The summed E-state index contributed by atoms with van der Waals surface area (Å²) >= 11 is 0. The highest BCUT2D eigenvalue weighted by Crippen LogP contribution is 2.21. The third kappa shape index (κ3) is 3.18. The molecule has 1 fully saturated rings. The lowest BCUT2D eigenvalue weighted by Gasteiger charge is -2.30. The fourth-order valence-corrected chi connectivity index (χ4v) is 1.84. The Morgan fingerprint density at radius 3 is 2.79 bits per heavy atom. The van der Waals surface area contributed by atoms with E-state index in [0.29, 0.717) is 6.61 Å². The van der Waals surface area contributed by atoms with Crippen molar-refractivity contribution < 1.29 is 14.3 Å². The van der Waals surface area contributed by atoms with Gasteiger partial charge >= 0.3 is 6.16 Å². The Bertz CT molecular complexity index is 184. The largest absolute Gasteiger partial charge is 0.508 e. The number of carbonyl (C=O) groups is 1. The predicted octanol–water partition coefficient (Wildman–Crippen LogP) is 1.69. The molecule has 4 nitrogen and oxygen atoms in total. The molecular formula is C10H19NO3. The molecule has 2 atom stereocenters. The van der Waals surface area contributed by atoms with Crippen LogP contribution in [0.25, 0.3) is 0 Å². The average Bonchev–Trinajstić information content (AvgIpc) is 2.19. The number of carbonyl (C=O) groups excluding carboxylic acids is 1. The first-order valence-corrected chi connectivity index (χ1v) is 5.28. The van der Waals surface area contributed by atoms with E-state index in [1.54, 1.807) is 6.92 Å². The summed E-state index contributed by atoms with van der Waals surface area (Å²) in [6.07, 6.45) is 3.77. The number of ether oxygens (including phenoxy) is 2. The third-order valence-corrected chi connectivity index (χ3v) is 2.58. The fourth-order valence-electron chi connectivity index (χ4n) is 1.84. The van der Waals surface area contributed by atoms with Crippen molar-refractivity contribution in [2.75, 3.05) is 13.7 Å². The van der Waals surface area contributed by atoms with Gasteiger partial charge in [0, 0.05) is 6.04 Å². The Morgan fingerprint density at radius 2 is 2.14 bits per heavy atom. The van der Waals surface area contributed by atoms with Gasteiger partial charge in [0.15, 0.2) is 0 Å². The van der Waals surface area contributed by atoms with Crippen molar-refractivity contribution in [2.24, 2.45) is 0 Å². The second-order valence-electron chi connectivity index (χ2n) is 3.52. The van der Waals surface area contributed by atoms with Crippen molar-refractivity contribution in [3.8, 4) is 0 Å². The Morgan fingerprint density at radius 1 is 1.43 bits per heavy atom. The quantitative estimate of drug-likeness (QED) is 0.706. The molecular weight excluding hydrogens is 182 g/mol. The van der Waals surface area contributed by atoms with Crippen molar-refractivity contribution in [1.82, 2.24) is 5.32 Å². The molecule has 0 aromatic carbocycles. The van der Waals surface area contributed by atoms with Gasteiger partial charge in [0.25, 0.3) is 0 Å². The van der Waals surface area contributed by atoms with E-state index < -0.39 is 6.16 Å². The van der Waals surface area contributed by atoms with Crippen LogP contribution in [0.15, 0.2) is 0 Å². The van der Waals surface area contributed by atoms with E-state index >= 15 is 0 Å². The van der Waals surface area contributed by atoms with Gasteiger partial charge < -0.3 is 14.8 Å². The SMILES string of the molecule is CCOC(=O)OC1CCCCC1NC. The molecule has 1 saturated carbocycles. The van der Waals surface area contributed by atoms with Crippen LogP contribution in [0.1, 0.15) is 32.6 Å². The van der Waals surface area contributed by atoms with Gasteiger partial charge in [0.05, 0.1) is 6.61 Å². The lowest BCUT2D eigenvalue weighted by Crippen LogP contribution is -2.42. The summed E-state index contributed by atoms with van der Waals surface area (Å²) in [6.45, 7) is 2.15. The number of nitrogens with one attached hydrogen (secondary N) is 1. The number of likely N-dealkylation sites (N-methyl/N-ethyl adjacent to an activating group) is 1.